The van der Waals surface area contributed by atoms with Crippen LogP contribution in [0.5, 0.6) is 0 Å². The number of anilines is 1. The summed E-state index contributed by atoms with van der Waals surface area (Å²) in [7, 11) is 0. The van der Waals surface area contributed by atoms with E-state index in [-0.39, 0.29) is 6.03 Å². The number of aliphatic hydroxyl groups excluding tert-OH is 1. The Bertz CT molecular complexity index is 584. The number of likely N-dealkylation sites (tertiary alicyclic amines) is 1. The van der Waals surface area contributed by atoms with Gasteiger partial charge in [-0.25, -0.2) is 4.79 Å². The van der Waals surface area contributed by atoms with E-state index in [0.29, 0.717) is 18.2 Å². The van der Waals surface area contributed by atoms with Gasteiger partial charge in [0, 0.05) is 24.0 Å². The van der Waals surface area contributed by atoms with Gasteiger partial charge in [0.05, 0.1) is 6.10 Å². The first kappa shape index (κ1) is 13.5. The number of nitrogens with one attached hydrogen (secondary N) is 1. The number of nitrogens with zero attached hydrogens (tertiary/aromatic N) is 3. The van der Waals surface area contributed by atoms with Crippen LogP contribution in [0.2, 0.25) is 0 Å². The fraction of sp³-hybridized carbons (Fsp3) is 0.417. The molecule has 0 bridgehead atoms. The quantitative estimate of drug-likeness (QED) is 0.892. The monoisotopic (exact) mass is 310 g/mol. The van der Waals surface area contributed by atoms with Gasteiger partial charge in [-0.15, -0.1) is 10.2 Å². The van der Waals surface area contributed by atoms with E-state index in [9.17, 15) is 9.90 Å². The van der Waals surface area contributed by atoms with Gasteiger partial charge in [-0.3, -0.25) is 5.32 Å². The largest absolute Gasteiger partial charge is 0.391 e. The van der Waals surface area contributed by atoms with E-state index in [2.05, 4.69) is 15.5 Å². The first-order valence-electron chi connectivity index (χ1n) is 6.32. The molecule has 0 aliphatic carbocycles. The maximum Gasteiger partial charge on any atom is 0.323 e. The Balaban J connectivity index is 1.64. The zero-order chi connectivity index (χ0) is 13.9. The highest BCUT2D eigenvalue weighted by Gasteiger charge is 2.22. The van der Waals surface area contributed by atoms with Gasteiger partial charge in [-0.05, 0) is 24.3 Å². The van der Waals surface area contributed by atoms with Crippen LogP contribution in [0.4, 0.5) is 9.93 Å². The molecule has 1 unspecified atom stereocenters. The average Bonchev–Trinajstić information content (AvgIpc) is 3.08. The number of aromatic nitrogens is 2. The first-order valence-corrected chi connectivity index (χ1v) is 8.08. The molecule has 2 aromatic rings. The number of hydrogen-bond acceptors (Lipinski definition) is 6. The smallest absolute Gasteiger partial charge is 0.323 e. The fourth-order valence-corrected chi connectivity index (χ4v) is 3.53. The molecule has 0 spiro atoms. The molecule has 1 fully saturated rings. The molecule has 2 aromatic heterocycles. The van der Waals surface area contributed by atoms with Crippen molar-refractivity contribution < 1.29 is 9.90 Å². The molecule has 1 atom stereocenters. The van der Waals surface area contributed by atoms with Crippen molar-refractivity contribution in [3.05, 3.63) is 16.8 Å². The molecule has 0 aromatic carbocycles. The molecule has 1 aliphatic heterocycles. The van der Waals surface area contributed by atoms with Crippen molar-refractivity contribution in [2.45, 2.75) is 18.9 Å². The normalized spacial score (nSPS) is 19.1. The number of carbonyl (C=O) groups excluding carboxylic acids is 1. The van der Waals surface area contributed by atoms with Gasteiger partial charge in [-0.2, -0.15) is 11.3 Å². The summed E-state index contributed by atoms with van der Waals surface area (Å²) in [6.45, 7) is 1.04. The second-order valence-corrected chi connectivity index (χ2v) is 6.35. The van der Waals surface area contributed by atoms with Gasteiger partial charge in [0.15, 0.2) is 0 Å². The summed E-state index contributed by atoms with van der Waals surface area (Å²) in [5, 5.41) is 25.6. The van der Waals surface area contributed by atoms with Crippen LogP contribution in [0.25, 0.3) is 10.6 Å². The minimum absolute atomic E-state index is 0.225. The third-order valence-corrected chi connectivity index (χ3v) is 4.66. The molecule has 1 saturated heterocycles. The Morgan fingerprint density at radius 3 is 3.15 bits per heavy atom. The lowest BCUT2D eigenvalue weighted by atomic mass is 10.1. The number of amides is 2. The lowest BCUT2D eigenvalue weighted by Gasteiger charge is -2.29. The van der Waals surface area contributed by atoms with E-state index in [0.717, 1.165) is 23.4 Å². The molecule has 6 nitrogen and oxygen atoms in total. The minimum Gasteiger partial charge on any atom is -0.391 e. The third-order valence-electron chi connectivity index (χ3n) is 3.09. The Kier molecular flexibility index (Phi) is 3.95. The molecule has 2 N–H and O–H groups in total. The Labute approximate surface area is 124 Å². The van der Waals surface area contributed by atoms with E-state index in [4.69, 9.17) is 0 Å². The maximum atomic E-state index is 12.1. The number of β-amino-alcohol motifs (C(OH)–C–C–N with tert-alkyl or cyclic N) is 1. The summed E-state index contributed by atoms with van der Waals surface area (Å²) in [5.74, 6) is 0. The highest BCUT2D eigenvalue weighted by atomic mass is 32.1. The molecule has 2 amide bonds. The van der Waals surface area contributed by atoms with Crippen LogP contribution in [-0.4, -0.2) is 45.4 Å². The van der Waals surface area contributed by atoms with Crippen molar-refractivity contribution in [3.63, 3.8) is 0 Å². The molecule has 106 valence electrons. The number of urea groups is 1. The first-order chi connectivity index (χ1) is 9.72. The average molecular weight is 310 g/mol. The standard InChI is InChI=1S/C12H14N4O2S2/c17-9-2-1-4-16(6-9)12(18)13-11-15-14-10(20-11)8-3-5-19-7-8/h3,5,7,9,17H,1-2,4,6H2,(H,13,15,18). The Morgan fingerprint density at radius 2 is 2.40 bits per heavy atom. The second-order valence-electron chi connectivity index (χ2n) is 4.60. The minimum atomic E-state index is -0.426. The number of thiophene rings is 1. The van der Waals surface area contributed by atoms with Crippen LogP contribution in [0.3, 0.4) is 0 Å². The highest BCUT2D eigenvalue weighted by Crippen LogP contribution is 2.28. The summed E-state index contributed by atoms with van der Waals surface area (Å²) in [6.07, 6.45) is 1.15. The molecule has 1 aliphatic rings. The Hall–Kier alpha value is -1.51. The van der Waals surface area contributed by atoms with Crippen molar-refractivity contribution in [2.24, 2.45) is 0 Å². The summed E-state index contributed by atoms with van der Waals surface area (Å²) in [6, 6.07) is 1.74. The van der Waals surface area contributed by atoms with Crippen LogP contribution in [0, 0.1) is 0 Å². The summed E-state index contributed by atoms with van der Waals surface area (Å²) < 4.78 is 0. The van der Waals surface area contributed by atoms with Gasteiger partial charge in [0.25, 0.3) is 0 Å². The zero-order valence-electron chi connectivity index (χ0n) is 10.7. The van der Waals surface area contributed by atoms with Crippen LogP contribution >= 0.6 is 22.7 Å². The van der Waals surface area contributed by atoms with Gasteiger partial charge in [0.2, 0.25) is 5.13 Å². The van der Waals surface area contributed by atoms with E-state index >= 15 is 0 Å². The van der Waals surface area contributed by atoms with E-state index in [1.165, 1.54) is 11.3 Å². The molecular formula is C12H14N4O2S2. The van der Waals surface area contributed by atoms with Crippen molar-refractivity contribution in [1.82, 2.24) is 15.1 Å². The van der Waals surface area contributed by atoms with E-state index in [1.807, 2.05) is 16.8 Å². The van der Waals surface area contributed by atoms with Gasteiger partial charge >= 0.3 is 6.03 Å². The molecule has 8 heteroatoms. The van der Waals surface area contributed by atoms with Crippen molar-refractivity contribution in [3.8, 4) is 10.6 Å². The lowest BCUT2D eigenvalue weighted by molar-refractivity contribution is 0.0883. The summed E-state index contributed by atoms with van der Waals surface area (Å²) in [5.41, 5.74) is 1.02. The second kappa shape index (κ2) is 5.86. The predicted octanol–water partition coefficient (Wildman–Crippen LogP) is 2.26. The van der Waals surface area contributed by atoms with Crippen molar-refractivity contribution in [1.29, 1.82) is 0 Å². The van der Waals surface area contributed by atoms with Crippen molar-refractivity contribution in [2.75, 3.05) is 18.4 Å². The van der Waals surface area contributed by atoms with Gasteiger partial charge < -0.3 is 10.0 Å². The summed E-state index contributed by atoms with van der Waals surface area (Å²) >= 11 is 2.94. The zero-order valence-corrected chi connectivity index (χ0v) is 12.3. The molecular weight excluding hydrogens is 296 g/mol. The lowest BCUT2D eigenvalue weighted by Crippen LogP contribution is -2.44. The number of hydrogen-bond donors (Lipinski definition) is 2. The Morgan fingerprint density at radius 1 is 1.50 bits per heavy atom. The van der Waals surface area contributed by atoms with Gasteiger partial charge in [0.1, 0.15) is 5.01 Å². The fourth-order valence-electron chi connectivity index (χ4n) is 2.09. The SMILES string of the molecule is O=C(Nc1nnc(-c2ccsc2)s1)N1CCCC(O)C1. The van der Waals surface area contributed by atoms with Crippen LogP contribution in [0.15, 0.2) is 16.8 Å². The number of carbonyl (C=O) groups is 1. The molecule has 0 radical (unpaired) electrons. The topological polar surface area (TPSA) is 78.4 Å². The predicted molar refractivity (Wildman–Crippen MR) is 79.1 cm³/mol. The van der Waals surface area contributed by atoms with Crippen LogP contribution < -0.4 is 5.32 Å². The molecule has 0 saturated carbocycles. The van der Waals surface area contributed by atoms with Crippen molar-refractivity contribution >= 4 is 33.8 Å². The van der Waals surface area contributed by atoms with E-state index < -0.39 is 6.10 Å². The van der Waals surface area contributed by atoms with E-state index in [1.54, 1.807) is 16.2 Å². The molecule has 20 heavy (non-hydrogen) atoms. The molecule has 3 heterocycles. The maximum absolute atomic E-state index is 12.1. The number of aliphatic hydroxyl groups is 1. The van der Waals surface area contributed by atoms with Crippen LogP contribution in [-0.2, 0) is 0 Å². The van der Waals surface area contributed by atoms with Crippen LogP contribution in [0.1, 0.15) is 12.8 Å². The third kappa shape index (κ3) is 2.97. The number of rotatable bonds is 2. The molecule has 3 rings (SSSR count). The summed E-state index contributed by atoms with van der Waals surface area (Å²) in [4.78, 5) is 13.7. The number of piperidine rings is 1. The van der Waals surface area contributed by atoms with Gasteiger partial charge in [-0.1, -0.05) is 11.3 Å². The highest BCUT2D eigenvalue weighted by molar-refractivity contribution is 7.19.